The molecule has 0 spiro atoms. The van der Waals surface area contributed by atoms with Crippen molar-refractivity contribution >= 4 is 11.9 Å². The van der Waals surface area contributed by atoms with Crippen molar-refractivity contribution in [2.45, 2.75) is 19.9 Å². The molecule has 0 aliphatic rings. The monoisotopic (exact) mass is 198 g/mol. The van der Waals surface area contributed by atoms with Crippen molar-refractivity contribution in [1.82, 2.24) is 15.0 Å². The maximum Gasteiger partial charge on any atom is 0.322 e. The van der Waals surface area contributed by atoms with E-state index in [4.69, 9.17) is 10.6 Å². The van der Waals surface area contributed by atoms with E-state index in [-0.39, 0.29) is 18.0 Å². The van der Waals surface area contributed by atoms with Gasteiger partial charge < -0.3 is 10.1 Å². The second-order valence-corrected chi connectivity index (χ2v) is 2.91. The number of anilines is 2. The first-order valence-corrected chi connectivity index (χ1v) is 4.19. The van der Waals surface area contributed by atoms with Gasteiger partial charge in [0.15, 0.2) is 0 Å². The van der Waals surface area contributed by atoms with E-state index >= 15 is 0 Å². The molecule has 0 saturated heterocycles. The molecule has 0 amide bonds. The van der Waals surface area contributed by atoms with Crippen molar-refractivity contribution in [3.05, 3.63) is 0 Å². The van der Waals surface area contributed by atoms with Gasteiger partial charge >= 0.3 is 6.01 Å². The largest absolute Gasteiger partial charge is 0.467 e. The first kappa shape index (κ1) is 10.5. The molecule has 1 heterocycles. The molecular weight excluding hydrogens is 184 g/mol. The van der Waals surface area contributed by atoms with E-state index in [9.17, 15) is 0 Å². The number of aromatic nitrogens is 3. The number of ether oxygens (including phenoxy) is 1. The molecule has 0 saturated carbocycles. The van der Waals surface area contributed by atoms with Crippen LogP contribution in [0.1, 0.15) is 13.8 Å². The van der Waals surface area contributed by atoms with Crippen LogP contribution in [0.2, 0.25) is 0 Å². The molecule has 0 radical (unpaired) electrons. The lowest BCUT2D eigenvalue weighted by molar-refractivity contribution is 0.379. The molecule has 0 bridgehead atoms. The first-order chi connectivity index (χ1) is 6.65. The van der Waals surface area contributed by atoms with Gasteiger partial charge in [0.2, 0.25) is 11.9 Å². The lowest BCUT2D eigenvalue weighted by Crippen LogP contribution is -2.17. The van der Waals surface area contributed by atoms with Crippen LogP contribution >= 0.6 is 0 Å². The van der Waals surface area contributed by atoms with Crippen LogP contribution in [0.5, 0.6) is 6.01 Å². The van der Waals surface area contributed by atoms with Gasteiger partial charge in [-0.2, -0.15) is 15.0 Å². The van der Waals surface area contributed by atoms with Crippen molar-refractivity contribution in [2.24, 2.45) is 5.84 Å². The standard InChI is InChI=1S/C7H14N6O/c1-4(2)9-5-10-6(13-8)12-7(11-5)14-3/h4H,8H2,1-3H3,(H2,9,10,11,12,13). The van der Waals surface area contributed by atoms with Gasteiger partial charge in [-0.1, -0.05) is 0 Å². The summed E-state index contributed by atoms with van der Waals surface area (Å²) >= 11 is 0. The van der Waals surface area contributed by atoms with Crippen LogP contribution in [0.3, 0.4) is 0 Å². The Morgan fingerprint density at radius 1 is 1.21 bits per heavy atom. The smallest absolute Gasteiger partial charge is 0.322 e. The Morgan fingerprint density at radius 3 is 2.36 bits per heavy atom. The van der Waals surface area contributed by atoms with Gasteiger partial charge in [-0.25, -0.2) is 5.84 Å². The Morgan fingerprint density at radius 2 is 1.86 bits per heavy atom. The zero-order valence-electron chi connectivity index (χ0n) is 8.40. The summed E-state index contributed by atoms with van der Waals surface area (Å²) in [5, 5.41) is 3.02. The topological polar surface area (TPSA) is 98.0 Å². The number of hydrogen-bond donors (Lipinski definition) is 3. The normalized spacial score (nSPS) is 10.1. The number of hydrazine groups is 1. The number of methoxy groups -OCH3 is 1. The molecule has 7 heteroatoms. The van der Waals surface area contributed by atoms with Gasteiger partial charge in [-0.15, -0.1) is 0 Å². The Balaban J connectivity index is 2.92. The summed E-state index contributed by atoms with van der Waals surface area (Å²) in [6, 6.07) is 0.448. The highest BCUT2D eigenvalue weighted by Gasteiger charge is 2.05. The summed E-state index contributed by atoms with van der Waals surface area (Å²) in [5.74, 6) is 5.88. The molecule has 0 unspecified atom stereocenters. The summed E-state index contributed by atoms with van der Waals surface area (Å²) in [5.41, 5.74) is 2.33. The van der Waals surface area contributed by atoms with E-state index in [1.54, 1.807) is 0 Å². The molecule has 0 fully saturated rings. The summed E-state index contributed by atoms with van der Waals surface area (Å²) in [7, 11) is 1.48. The number of rotatable bonds is 4. The molecule has 0 atom stereocenters. The first-order valence-electron chi connectivity index (χ1n) is 4.19. The average molecular weight is 198 g/mol. The maximum absolute atomic E-state index is 5.19. The highest BCUT2D eigenvalue weighted by molar-refractivity contribution is 5.35. The minimum absolute atomic E-state index is 0.219. The van der Waals surface area contributed by atoms with Crippen LogP contribution in [0.25, 0.3) is 0 Å². The Hall–Kier alpha value is -1.63. The fraction of sp³-hybridized carbons (Fsp3) is 0.571. The molecule has 0 aromatic carbocycles. The van der Waals surface area contributed by atoms with E-state index < -0.39 is 0 Å². The van der Waals surface area contributed by atoms with Crippen molar-refractivity contribution in [3.63, 3.8) is 0 Å². The van der Waals surface area contributed by atoms with Crippen LogP contribution in [-0.4, -0.2) is 28.1 Å². The third-order valence-corrected chi connectivity index (χ3v) is 1.34. The molecule has 78 valence electrons. The van der Waals surface area contributed by atoms with Crippen LogP contribution in [0.4, 0.5) is 11.9 Å². The fourth-order valence-corrected chi connectivity index (χ4v) is 0.835. The predicted molar refractivity (Wildman–Crippen MR) is 52.9 cm³/mol. The average Bonchev–Trinajstić information content (AvgIpc) is 2.16. The second kappa shape index (κ2) is 4.56. The quantitative estimate of drug-likeness (QED) is 0.462. The molecule has 1 rings (SSSR count). The Kier molecular flexibility index (Phi) is 3.41. The van der Waals surface area contributed by atoms with Gasteiger partial charge in [0.25, 0.3) is 0 Å². The van der Waals surface area contributed by atoms with Crippen molar-refractivity contribution in [2.75, 3.05) is 17.9 Å². The lowest BCUT2D eigenvalue weighted by Gasteiger charge is -2.09. The second-order valence-electron chi connectivity index (χ2n) is 2.91. The SMILES string of the molecule is COc1nc(NN)nc(NC(C)C)n1. The van der Waals surface area contributed by atoms with E-state index in [0.717, 1.165) is 0 Å². The predicted octanol–water partition coefficient (Wildman–Crippen LogP) is -0.0139. The number of nitrogen functional groups attached to an aromatic ring is 1. The van der Waals surface area contributed by atoms with E-state index in [2.05, 4.69) is 25.7 Å². The number of nitrogens with zero attached hydrogens (tertiary/aromatic N) is 3. The molecule has 0 aliphatic carbocycles. The number of nitrogens with two attached hydrogens (primary N) is 1. The lowest BCUT2D eigenvalue weighted by atomic mass is 10.4. The summed E-state index contributed by atoms with van der Waals surface area (Å²) < 4.78 is 4.88. The molecule has 1 aromatic rings. The summed E-state index contributed by atoms with van der Waals surface area (Å²) in [6.45, 7) is 3.96. The van der Waals surface area contributed by atoms with Gasteiger partial charge in [0.1, 0.15) is 0 Å². The zero-order valence-corrected chi connectivity index (χ0v) is 8.40. The fourth-order valence-electron chi connectivity index (χ4n) is 0.835. The molecular formula is C7H14N6O. The van der Waals surface area contributed by atoms with Crippen molar-refractivity contribution in [3.8, 4) is 6.01 Å². The van der Waals surface area contributed by atoms with Gasteiger partial charge in [0.05, 0.1) is 7.11 Å². The van der Waals surface area contributed by atoms with Gasteiger partial charge in [0, 0.05) is 6.04 Å². The minimum atomic E-state index is 0.219. The Bertz CT molecular complexity index is 280. The summed E-state index contributed by atoms with van der Waals surface area (Å²) in [6.07, 6.45) is 0. The van der Waals surface area contributed by atoms with Crippen molar-refractivity contribution in [1.29, 1.82) is 0 Å². The third-order valence-electron chi connectivity index (χ3n) is 1.34. The van der Waals surface area contributed by atoms with Crippen LogP contribution in [0.15, 0.2) is 0 Å². The number of hydrogen-bond acceptors (Lipinski definition) is 7. The molecule has 0 aliphatic heterocycles. The third kappa shape index (κ3) is 2.70. The van der Waals surface area contributed by atoms with Crippen LogP contribution in [0, 0.1) is 0 Å². The van der Waals surface area contributed by atoms with Crippen molar-refractivity contribution < 1.29 is 4.74 Å². The number of nitrogens with one attached hydrogen (secondary N) is 2. The zero-order chi connectivity index (χ0) is 10.6. The van der Waals surface area contributed by atoms with Gasteiger partial charge in [-0.05, 0) is 13.8 Å². The van der Waals surface area contributed by atoms with E-state index in [0.29, 0.717) is 5.95 Å². The molecule has 7 nitrogen and oxygen atoms in total. The summed E-state index contributed by atoms with van der Waals surface area (Å²) in [4.78, 5) is 11.8. The Labute approximate surface area is 82.1 Å². The molecule has 14 heavy (non-hydrogen) atoms. The minimum Gasteiger partial charge on any atom is -0.467 e. The highest BCUT2D eigenvalue weighted by atomic mass is 16.5. The highest BCUT2D eigenvalue weighted by Crippen LogP contribution is 2.10. The van der Waals surface area contributed by atoms with Crippen LogP contribution < -0.4 is 21.3 Å². The van der Waals surface area contributed by atoms with Gasteiger partial charge in [-0.3, -0.25) is 5.43 Å². The molecule has 1 aromatic heterocycles. The molecule has 4 N–H and O–H groups in total. The van der Waals surface area contributed by atoms with E-state index in [1.807, 2.05) is 13.8 Å². The maximum atomic E-state index is 5.19. The van der Waals surface area contributed by atoms with E-state index in [1.165, 1.54) is 7.11 Å². The van der Waals surface area contributed by atoms with Crippen LogP contribution in [-0.2, 0) is 0 Å².